The van der Waals surface area contributed by atoms with Gasteiger partial charge in [0.25, 0.3) is 5.91 Å². The van der Waals surface area contributed by atoms with Crippen molar-refractivity contribution in [2.45, 2.75) is 19.5 Å². The molecule has 0 saturated heterocycles. The molecule has 0 fully saturated rings. The van der Waals surface area contributed by atoms with Gasteiger partial charge in [0.15, 0.2) is 6.61 Å². The molecule has 0 spiro atoms. The molecule has 0 heterocycles. The maximum absolute atomic E-state index is 12.5. The molecule has 0 aromatic heterocycles. The van der Waals surface area contributed by atoms with Crippen molar-refractivity contribution in [2.75, 3.05) is 13.2 Å². The lowest BCUT2D eigenvalue weighted by molar-refractivity contribution is -0.137. The van der Waals surface area contributed by atoms with Gasteiger partial charge in [-0.15, -0.1) is 0 Å². The third-order valence-electron chi connectivity index (χ3n) is 2.39. The highest BCUT2D eigenvalue weighted by Gasteiger charge is 2.30. The zero-order chi connectivity index (χ0) is 15.9. The Hall–Kier alpha value is -2.09. The van der Waals surface area contributed by atoms with Crippen molar-refractivity contribution >= 4 is 11.8 Å². The average molecular weight is 304 g/mol. The van der Waals surface area contributed by atoms with E-state index in [2.05, 4.69) is 10.2 Å². The number of carbonyl (C=O) groups is 2. The number of rotatable bonds is 6. The smallest absolute Gasteiger partial charge is 0.354 e. The predicted octanol–water partition coefficient (Wildman–Crippen LogP) is 1.89. The molecule has 116 valence electrons. The van der Waals surface area contributed by atoms with Crippen LogP contribution in [0.1, 0.15) is 29.3 Å². The summed E-state index contributed by atoms with van der Waals surface area (Å²) in [6, 6.07) is 3.89. The lowest BCUT2D eigenvalue weighted by atomic mass is 10.1. The van der Waals surface area contributed by atoms with Crippen molar-refractivity contribution in [3.05, 3.63) is 35.4 Å². The highest BCUT2D eigenvalue weighted by Crippen LogP contribution is 2.29. The van der Waals surface area contributed by atoms with Crippen molar-refractivity contribution in [1.29, 1.82) is 0 Å². The second kappa shape index (κ2) is 7.63. The van der Waals surface area contributed by atoms with Gasteiger partial charge in [-0.3, -0.25) is 14.4 Å². The van der Waals surface area contributed by atoms with Crippen molar-refractivity contribution in [3.8, 4) is 0 Å². The van der Waals surface area contributed by atoms with Crippen LogP contribution in [0.4, 0.5) is 13.2 Å². The van der Waals surface area contributed by atoms with Crippen molar-refractivity contribution in [3.63, 3.8) is 0 Å². The summed E-state index contributed by atoms with van der Waals surface area (Å²) in [6.07, 6.45) is -3.78. The predicted molar refractivity (Wildman–Crippen MR) is 68.2 cm³/mol. The number of benzene rings is 1. The number of hydrogen-bond donors (Lipinski definition) is 2. The van der Waals surface area contributed by atoms with Crippen LogP contribution < -0.4 is 10.8 Å². The zero-order valence-corrected chi connectivity index (χ0v) is 11.3. The standard InChI is InChI=1S/C13H15F3N2O3/c1-2-6-17-11(19)8-21-18-12(20)9-4-3-5-10(7-9)13(14,15)16/h3-5,7H,2,6,8H2,1H3,(H,17,19)(H,18,20). The Morgan fingerprint density at radius 1 is 1.29 bits per heavy atom. The van der Waals surface area contributed by atoms with Crippen LogP contribution in [0, 0.1) is 0 Å². The zero-order valence-electron chi connectivity index (χ0n) is 11.3. The molecule has 5 nitrogen and oxygen atoms in total. The topological polar surface area (TPSA) is 67.4 Å². The van der Waals surface area contributed by atoms with Crippen molar-refractivity contribution in [1.82, 2.24) is 10.8 Å². The van der Waals surface area contributed by atoms with Crippen LogP contribution in [0.25, 0.3) is 0 Å². The van der Waals surface area contributed by atoms with Gasteiger partial charge in [-0.25, -0.2) is 5.48 Å². The quantitative estimate of drug-likeness (QED) is 0.789. The molecule has 21 heavy (non-hydrogen) atoms. The average Bonchev–Trinajstić information content (AvgIpc) is 2.44. The Balaban J connectivity index is 2.51. The largest absolute Gasteiger partial charge is 0.416 e. The first-order chi connectivity index (χ1) is 9.84. The molecule has 1 rings (SSSR count). The highest BCUT2D eigenvalue weighted by molar-refractivity contribution is 5.93. The second-order valence-electron chi connectivity index (χ2n) is 4.15. The fraction of sp³-hybridized carbons (Fsp3) is 0.385. The van der Waals surface area contributed by atoms with Crippen LogP contribution in [-0.4, -0.2) is 25.0 Å². The maximum atomic E-state index is 12.5. The first kappa shape index (κ1) is 17.0. The van der Waals surface area contributed by atoms with E-state index < -0.39 is 30.2 Å². The number of alkyl halides is 3. The second-order valence-corrected chi connectivity index (χ2v) is 4.15. The summed E-state index contributed by atoms with van der Waals surface area (Å²) >= 11 is 0. The molecular weight excluding hydrogens is 289 g/mol. The van der Waals surface area contributed by atoms with Crippen LogP contribution >= 0.6 is 0 Å². The van der Waals surface area contributed by atoms with Crippen LogP contribution in [0.5, 0.6) is 0 Å². The van der Waals surface area contributed by atoms with E-state index in [0.717, 1.165) is 18.6 Å². The molecule has 0 aliphatic heterocycles. The fourth-order valence-electron chi connectivity index (χ4n) is 1.38. The molecule has 2 N–H and O–H groups in total. The summed E-state index contributed by atoms with van der Waals surface area (Å²) in [5.41, 5.74) is 0.774. The van der Waals surface area contributed by atoms with Gasteiger partial charge in [0, 0.05) is 12.1 Å². The minimum Gasteiger partial charge on any atom is -0.354 e. The first-order valence-electron chi connectivity index (χ1n) is 6.20. The Bertz CT molecular complexity index is 504. The van der Waals surface area contributed by atoms with Gasteiger partial charge in [-0.05, 0) is 24.6 Å². The van der Waals surface area contributed by atoms with Gasteiger partial charge in [-0.1, -0.05) is 13.0 Å². The van der Waals surface area contributed by atoms with E-state index in [4.69, 9.17) is 0 Å². The Labute approximate surface area is 119 Å². The van der Waals surface area contributed by atoms with E-state index in [1.54, 1.807) is 0 Å². The normalized spacial score (nSPS) is 11.0. The lowest BCUT2D eigenvalue weighted by Gasteiger charge is -2.09. The molecular formula is C13H15F3N2O3. The van der Waals surface area contributed by atoms with Crippen LogP contribution in [-0.2, 0) is 15.8 Å². The number of carbonyl (C=O) groups excluding carboxylic acids is 2. The molecule has 8 heteroatoms. The summed E-state index contributed by atoms with van der Waals surface area (Å²) in [7, 11) is 0. The van der Waals surface area contributed by atoms with Crippen molar-refractivity contribution < 1.29 is 27.6 Å². The number of halogens is 3. The van der Waals surface area contributed by atoms with Gasteiger partial charge < -0.3 is 5.32 Å². The molecule has 0 atom stereocenters. The van der Waals surface area contributed by atoms with E-state index in [1.165, 1.54) is 6.07 Å². The summed E-state index contributed by atoms with van der Waals surface area (Å²) in [4.78, 5) is 27.4. The van der Waals surface area contributed by atoms with Gasteiger partial charge in [0.1, 0.15) is 0 Å². The van der Waals surface area contributed by atoms with Gasteiger partial charge in [-0.2, -0.15) is 13.2 Å². The summed E-state index contributed by atoms with van der Waals surface area (Å²) in [6.45, 7) is 1.94. The first-order valence-corrected chi connectivity index (χ1v) is 6.20. The number of nitrogens with one attached hydrogen (secondary N) is 2. The minimum absolute atomic E-state index is 0.209. The van der Waals surface area contributed by atoms with E-state index >= 15 is 0 Å². The molecule has 0 bridgehead atoms. The van der Waals surface area contributed by atoms with E-state index in [-0.39, 0.29) is 5.56 Å². The number of hydrogen-bond acceptors (Lipinski definition) is 3. The summed E-state index contributed by atoms with van der Waals surface area (Å²) < 4.78 is 37.5. The molecule has 1 aromatic rings. The van der Waals surface area contributed by atoms with Gasteiger partial charge in [0.2, 0.25) is 5.91 Å². The highest BCUT2D eigenvalue weighted by atomic mass is 19.4. The molecule has 0 aliphatic rings. The minimum atomic E-state index is -4.53. The molecule has 1 aromatic carbocycles. The van der Waals surface area contributed by atoms with Crippen LogP contribution in [0.2, 0.25) is 0 Å². The van der Waals surface area contributed by atoms with Crippen LogP contribution in [0.15, 0.2) is 24.3 Å². The summed E-state index contributed by atoms with van der Waals surface area (Å²) in [5.74, 6) is -1.29. The monoisotopic (exact) mass is 304 g/mol. The number of hydroxylamine groups is 1. The molecule has 0 aliphatic carbocycles. The molecule has 0 radical (unpaired) electrons. The van der Waals surface area contributed by atoms with Gasteiger partial charge in [0.05, 0.1) is 5.56 Å². The maximum Gasteiger partial charge on any atom is 0.416 e. The van der Waals surface area contributed by atoms with E-state index in [1.807, 2.05) is 12.4 Å². The number of amides is 2. The SMILES string of the molecule is CCCNC(=O)CONC(=O)c1cccc(C(F)(F)F)c1. The third kappa shape index (κ3) is 5.82. The lowest BCUT2D eigenvalue weighted by Crippen LogP contribution is -2.33. The summed E-state index contributed by atoms with van der Waals surface area (Å²) in [5, 5.41) is 2.51. The van der Waals surface area contributed by atoms with Crippen LogP contribution in [0.3, 0.4) is 0 Å². The van der Waals surface area contributed by atoms with E-state index in [0.29, 0.717) is 12.6 Å². The van der Waals surface area contributed by atoms with Gasteiger partial charge >= 0.3 is 6.18 Å². The molecule has 0 unspecified atom stereocenters. The fourth-order valence-corrected chi connectivity index (χ4v) is 1.38. The Morgan fingerprint density at radius 2 is 2.00 bits per heavy atom. The van der Waals surface area contributed by atoms with Crippen molar-refractivity contribution in [2.24, 2.45) is 0 Å². The molecule has 2 amide bonds. The Kier molecular flexibility index (Phi) is 6.16. The molecule has 0 saturated carbocycles. The third-order valence-corrected chi connectivity index (χ3v) is 2.39. The van der Waals surface area contributed by atoms with E-state index in [9.17, 15) is 22.8 Å². The Morgan fingerprint density at radius 3 is 2.62 bits per heavy atom.